The lowest BCUT2D eigenvalue weighted by Gasteiger charge is -2.36. The zero-order valence-electron chi connectivity index (χ0n) is 21.7. The fourth-order valence-corrected chi connectivity index (χ4v) is 5.57. The summed E-state index contributed by atoms with van der Waals surface area (Å²) < 4.78 is 30.2. The molecule has 4 rings (SSSR count). The van der Waals surface area contributed by atoms with Gasteiger partial charge in [0.1, 0.15) is 6.61 Å². The van der Waals surface area contributed by atoms with Gasteiger partial charge in [0.15, 0.2) is 15.6 Å². The third kappa shape index (κ3) is 6.61. The van der Waals surface area contributed by atoms with Gasteiger partial charge in [-0.1, -0.05) is 59.6 Å². The molecular weight excluding hydrogens is 545 g/mol. The number of anilines is 1. The SMILES string of the molecule is CN(C)CCOc1c(Cl)cc(N2CCN(C(=O)c3cc(S(C)(=O)=O)ccc3-c3ccccc3)CC2)cc1Cl. The van der Waals surface area contributed by atoms with Crippen LogP contribution < -0.4 is 9.64 Å². The molecular formula is C28H31Cl2N3O4S. The van der Waals surface area contributed by atoms with Crippen LogP contribution >= 0.6 is 23.2 Å². The lowest BCUT2D eigenvalue weighted by Crippen LogP contribution is -2.49. The second-order valence-corrected chi connectivity index (χ2v) is 12.3. The van der Waals surface area contributed by atoms with Crippen molar-refractivity contribution in [2.75, 3.05) is 64.6 Å². The average molecular weight is 577 g/mol. The zero-order valence-corrected chi connectivity index (χ0v) is 24.0. The molecule has 202 valence electrons. The van der Waals surface area contributed by atoms with E-state index in [2.05, 4.69) is 4.90 Å². The molecule has 0 atom stereocenters. The van der Waals surface area contributed by atoms with E-state index in [9.17, 15) is 13.2 Å². The Bertz CT molecular complexity index is 1380. The van der Waals surface area contributed by atoms with Crippen LogP contribution in [0, 0.1) is 0 Å². The van der Waals surface area contributed by atoms with E-state index < -0.39 is 9.84 Å². The first-order chi connectivity index (χ1) is 18.0. The number of amides is 1. The summed E-state index contributed by atoms with van der Waals surface area (Å²) in [4.78, 5) is 19.7. The number of piperazine rings is 1. The maximum Gasteiger partial charge on any atom is 0.254 e. The maximum absolute atomic E-state index is 13.7. The first-order valence-electron chi connectivity index (χ1n) is 12.2. The van der Waals surface area contributed by atoms with E-state index in [4.69, 9.17) is 27.9 Å². The molecule has 1 aliphatic rings. The van der Waals surface area contributed by atoms with Gasteiger partial charge in [-0.2, -0.15) is 0 Å². The summed E-state index contributed by atoms with van der Waals surface area (Å²) >= 11 is 13.0. The molecule has 1 amide bonds. The van der Waals surface area contributed by atoms with Gasteiger partial charge in [0.2, 0.25) is 0 Å². The fraction of sp³-hybridized carbons (Fsp3) is 0.321. The van der Waals surface area contributed by atoms with E-state index >= 15 is 0 Å². The molecule has 0 aromatic heterocycles. The zero-order chi connectivity index (χ0) is 27.4. The van der Waals surface area contributed by atoms with Gasteiger partial charge in [0, 0.05) is 50.2 Å². The molecule has 0 N–H and O–H groups in total. The van der Waals surface area contributed by atoms with E-state index in [1.807, 2.05) is 61.5 Å². The number of nitrogens with zero attached hydrogens (tertiary/aromatic N) is 3. The molecule has 1 aliphatic heterocycles. The van der Waals surface area contributed by atoms with Crippen molar-refractivity contribution in [2.45, 2.75) is 4.90 Å². The molecule has 1 heterocycles. The first kappa shape index (κ1) is 28.2. The molecule has 3 aromatic carbocycles. The number of halogens is 2. The number of hydrogen-bond acceptors (Lipinski definition) is 6. The fourth-order valence-electron chi connectivity index (χ4n) is 4.34. The summed E-state index contributed by atoms with van der Waals surface area (Å²) in [6, 6.07) is 17.9. The summed E-state index contributed by atoms with van der Waals surface area (Å²) in [6.07, 6.45) is 1.15. The molecule has 1 fully saturated rings. The molecule has 0 unspecified atom stereocenters. The molecule has 3 aromatic rings. The van der Waals surface area contributed by atoms with Gasteiger partial charge in [0.25, 0.3) is 5.91 Å². The van der Waals surface area contributed by atoms with Crippen LogP contribution in [0.5, 0.6) is 5.75 Å². The average Bonchev–Trinajstić information content (AvgIpc) is 2.89. The van der Waals surface area contributed by atoms with Crippen molar-refractivity contribution in [3.8, 4) is 16.9 Å². The lowest BCUT2D eigenvalue weighted by atomic mass is 9.98. The number of carbonyl (C=O) groups excluding carboxylic acids is 1. The predicted molar refractivity (Wildman–Crippen MR) is 154 cm³/mol. The van der Waals surface area contributed by atoms with Crippen LogP contribution in [0.3, 0.4) is 0 Å². The summed E-state index contributed by atoms with van der Waals surface area (Å²) in [5.41, 5.74) is 2.79. The maximum atomic E-state index is 13.7. The van der Waals surface area contributed by atoms with Crippen LogP contribution in [0.1, 0.15) is 10.4 Å². The number of ether oxygens (including phenoxy) is 1. The quantitative estimate of drug-likeness (QED) is 0.378. The number of carbonyl (C=O) groups is 1. The van der Waals surface area contributed by atoms with Crippen molar-refractivity contribution in [1.29, 1.82) is 0 Å². The van der Waals surface area contributed by atoms with Crippen LogP contribution in [0.15, 0.2) is 65.6 Å². The molecule has 10 heteroatoms. The minimum absolute atomic E-state index is 0.122. The summed E-state index contributed by atoms with van der Waals surface area (Å²) in [5, 5.41) is 0.879. The van der Waals surface area contributed by atoms with Crippen molar-refractivity contribution in [3.05, 3.63) is 76.3 Å². The van der Waals surface area contributed by atoms with Gasteiger partial charge >= 0.3 is 0 Å². The van der Waals surface area contributed by atoms with Crippen LogP contribution in [0.25, 0.3) is 11.1 Å². The van der Waals surface area contributed by atoms with E-state index in [1.165, 1.54) is 6.07 Å². The molecule has 38 heavy (non-hydrogen) atoms. The third-order valence-electron chi connectivity index (χ3n) is 6.43. The molecule has 0 saturated carbocycles. The Morgan fingerprint density at radius 2 is 1.58 bits per heavy atom. The van der Waals surface area contributed by atoms with Gasteiger partial charge in [-0.15, -0.1) is 0 Å². The van der Waals surface area contributed by atoms with E-state index in [1.54, 1.807) is 17.0 Å². The minimum Gasteiger partial charge on any atom is -0.489 e. The number of hydrogen-bond donors (Lipinski definition) is 0. The molecule has 0 radical (unpaired) electrons. The van der Waals surface area contributed by atoms with E-state index in [-0.39, 0.29) is 10.8 Å². The smallest absolute Gasteiger partial charge is 0.254 e. The Morgan fingerprint density at radius 1 is 0.947 bits per heavy atom. The second kappa shape index (κ2) is 11.9. The molecule has 0 aliphatic carbocycles. The summed E-state index contributed by atoms with van der Waals surface area (Å²) in [6.45, 7) is 3.29. The number of sulfone groups is 1. The lowest BCUT2D eigenvalue weighted by molar-refractivity contribution is 0.0747. The van der Waals surface area contributed by atoms with Crippen LogP contribution in [-0.2, 0) is 9.84 Å². The van der Waals surface area contributed by atoms with E-state index in [0.717, 1.165) is 24.1 Å². The van der Waals surface area contributed by atoms with Crippen molar-refractivity contribution < 1.29 is 17.9 Å². The van der Waals surface area contributed by atoms with Crippen molar-refractivity contribution in [3.63, 3.8) is 0 Å². The number of rotatable bonds is 8. The Labute approximate surface area is 234 Å². The standard InChI is InChI=1S/C28H31Cl2N3O4S/c1-31(2)15-16-37-27-25(29)17-21(18-26(27)30)32-11-13-33(14-12-32)28(34)24-19-22(38(3,35)36)9-10-23(24)20-7-5-4-6-8-20/h4-10,17-19H,11-16H2,1-3H3. The Kier molecular flexibility index (Phi) is 8.88. The van der Waals surface area contributed by atoms with Crippen LogP contribution in [0.2, 0.25) is 10.0 Å². The van der Waals surface area contributed by atoms with Gasteiger partial charge in [0.05, 0.1) is 14.9 Å². The van der Waals surface area contributed by atoms with Crippen molar-refractivity contribution >= 4 is 44.6 Å². The Hall–Kier alpha value is -2.78. The van der Waals surface area contributed by atoms with Crippen molar-refractivity contribution in [1.82, 2.24) is 9.80 Å². The van der Waals surface area contributed by atoms with E-state index in [0.29, 0.717) is 59.7 Å². The van der Waals surface area contributed by atoms with Gasteiger partial charge in [-0.3, -0.25) is 4.79 Å². The Morgan fingerprint density at radius 3 is 2.16 bits per heavy atom. The van der Waals surface area contributed by atoms with Crippen LogP contribution in [0.4, 0.5) is 5.69 Å². The Balaban J connectivity index is 1.51. The monoisotopic (exact) mass is 575 g/mol. The second-order valence-electron chi connectivity index (χ2n) is 9.52. The van der Waals surface area contributed by atoms with Crippen LogP contribution in [-0.4, -0.2) is 83.8 Å². The van der Waals surface area contributed by atoms with Gasteiger partial charge in [-0.25, -0.2) is 8.42 Å². The molecule has 0 spiro atoms. The highest BCUT2D eigenvalue weighted by molar-refractivity contribution is 7.90. The third-order valence-corrected chi connectivity index (χ3v) is 8.11. The highest BCUT2D eigenvalue weighted by atomic mass is 35.5. The number of benzene rings is 3. The summed E-state index contributed by atoms with van der Waals surface area (Å²) in [7, 11) is 0.454. The van der Waals surface area contributed by atoms with Gasteiger partial charge in [-0.05, 0) is 49.5 Å². The highest BCUT2D eigenvalue weighted by Gasteiger charge is 2.26. The molecule has 0 bridgehead atoms. The molecule has 7 nitrogen and oxygen atoms in total. The topological polar surface area (TPSA) is 70.2 Å². The first-order valence-corrected chi connectivity index (χ1v) is 14.9. The normalized spacial score (nSPS) is 14.2. The highest BCUT2D eigenvalue weighted by Crippen LogP contribution is 2.37. The van der Waals surface area contributed by atoms with Crippen molar-refractivity contribution in [2.24, 2.45) is 0 Å². The summed E-state index contributed by atoms with van der Waals surface area (Å²) in [5.74, 6) is 0.265. The largest absolute Gasteiger partial charge is 0.489 e. The minimum atomic E-state index is -3.47. The van der Waals surface area contributed by atoms with Gasteiger partial charge < -0.3 is 19.4 Å². The number of likely N-dealkylation sites (N-methyl/N-ethyl adjacent to an activating group) is 1. The molecule has 1 saturated heterocycles. The predicted octanol–water partition coefficient (Wildman–Crippen LogP) is 4.97.